The fourth-order valence-electron chi connectivity index (χ4n) is 1.58. The molecular formula is C7H13ClF3N. The molecule has 2 N–H and O–H groups in total. The average Bonchev–Trinajstić information content (AvgIpc) is 2.34. The van der Waals surface area contributed by atoms with Crippen molar-refractivity contribution in [3.8, 4) is 0 Å². The summed E-state index contributed by atoms with van der Waals surface area (Å²) in [6.45, 7) is 0. The highest BCUT2D eigenvalue weighted by atomic mass is 35.5. The Kier molecular flexibility index (Phi) is 4.34. The monoisotopic (exact) mass is 203 g/mol. The Balaban J connectivity index is 0.00000121. The Hall–Kier alpha value is 0.0400. The van der Waals surface area contributed by atoms with Crippen LogP contribution in [0.25, 0.3) is 0 Å². The van der Waals surface area contributed by atoms with Gasteiger partial charge in [0.05, 0.1) is 0 Å². The number of alkyl halides is 3. The fourth-order valence-corrected chi connectivity index (χ4v) is 1.58. The van der Waals surface area contributed by atoms with E-state index in [0.717, 1.165) is 12.8 Å². The van der Waals surface area contributed by atoms with Crippen molar-refractivity contribution in [2.45, 2.75) is 37.9 Å². The van der Waals surface area contributed by atoms with Gasteiger partial charge < -0.3 is 5.73 Å². The highest BCUT2D eigenvalue weighted by molar-refractivity contribution is 5.85. The molecule has 0 bridgehead atoms. The smallest absolute Gasteiger partial charge is 0.320 e. The molecule has 0 radical (unpaired) electrons. The molecule has 0 saturated heterocycles. The first-order valence-electron chi connectivity index (χ1n) is 3.84. The third kappa shape index (κ3) is 2.83. The summed E-state index contributed by atoms with van der Waals surface area (Å²) in [6, 6.07) is -1.59. The van der Waals surface area contributed by atoms with Crippen molar-refractivity contribution in [2.75, 3.05) is 0 Å². The van der Waals surface area contributed by atoms with Gasteiger partial charge in [0.2, 0.25) is 0 Å². The summed E-state index contributed by atoms with van der Waals surface area (Å²) in [5.41, 5.74) is 5.03. The van der Waals surface area contributed by atoms with Gasteiger partial charge in [0.1, 0.15) is 6.04 Å². The number of halogens is 4. The SMILES string of the molecule is Cl.NC(C1CCCC1)C(F)(F)F. The highest BCUT2D eigenvalue weighted by Crippen LogP contribution is 2.34. The second-order valence-electron chi connectivity index (χ2n) is 3.11. The van der Waals surface area contributed by atoms with Crippen LogP contribution in [0, 0.1) is 5.92 Å². The van der Waals surface area contributed by atoms with Crippen LogP contribution in [0.3, 0.4) is 0 Å². The summed E-state index contributed by atoms with van der Waals surface area (Å²) in [7, 11) is 0. The van der Waals surface area contributed by atoms with Crippen LogP contribution >= 0.6 is 12.4 Å². The van der Waals surface area contributed by atoms with E-state index in [1.807, 2.05) is 0 Å². The van der Waals surface area contributed by atoms with Gasteiger partial charge in [-0.05, 0) is 18.8 Å². The van der Waals surface area contributed by atoms with Crippen LogP contribution < -0.4 is 5.73 Å². The molecule has 1 unspecified atom stereocenters. The summed E-state index contributed by atoms with van der Waals surface area (Å²) in [4.78, 5) is 0. The van der Waals surface area contributed by atoms with Gasteiger partial charge in [-0.15, -0.1) is 12.4 Å². The lowest BCUT2D eigenvalue weighted by molar-refractivity contribution is -0.158. The Bertz CT molecular complexity index is 131. The third-order valence-electron chi connectivity index (χ3n) is 2.29. The lowest BCUT2D eigenvalue weighted by Gasteiger charge is -2.21. The molecule has 1 rings (SSSR count). The standard InChI is InChI=1S/C7H12F3N.ClH/c8-7(9,10)6(11)5-3-1-2-4-5;/h5-6H,1-4,11H2;1H. The molecule has 0 aromatic carbocycles. The van der Waals surface area contributed by atoms with Gasteiger partial charge in [-0.1, -0.05) is 12.8 Å². The van der Waals surface area contributed by atoms with E-state index in [-0.39, 0.29) is 18.3 Å². The van der Waals surface area contributed by atoms with E-state index in [1.165, 1.54) is 0 Å². The van der Waals surface area contributed by atoms with Gasteiger partial charge in [0.25, 0.3) is 0 Å². The second-order valence-corrected chi connectivity index (χ2v) is 3.11. The molecule has 1 atom stereocenters. The van der Waals surface area contributed by atoms with E-state index in [9.17, 15) is 13.2 Å². The van der Waals surface area contributed by atoms with Crippen molar-refractivity contribution in [3.63, 3.8) is 0 Å². The van der Waals surface area contributed by atoms with Crippen LogP contribution in [0.15, 0.2) is 0 Å². The lowest BCUT2D eigenvalue weighted by atomic mass is 9.99. The molecule has 0 amide bonds. The number of nitrogens with two attached hydrogens (primary N) is 1. The van der Waals surface area contributed by atoms with E-state index < -0.39 is 12.2 Å². The molecule has 1 saturated carbocycles. The summed E-state index contributed by atoms with van der Waals surface area (Å²) in [5, 5.41) is 0. The molecule has 0 aromatic heterocycles. The second kappa shape index (κ2) is 4.33. The minimum absolute atomic E-state index is 0. The molecule has 0 aromatic rings. The van der Waals surface area contributed by atoms with Gasteiger partial charge >= 0.3 is 6.18 Å². The third-order valence-corrected chi connectivity index (χ3v) is 2.29. The van der Waals surface area contributed by atoms with Gasteiger partial charge in [-0.2, -0.15) is 13.2 Å². The summed E-state index contributed by atoms with van der Waals surface area (Å²) in [5.74, 6) is -0.324. The number of hydrogen-bond donors (Lipinski definition) is 1. The van der Waals surface area contributed by atoms with E-state index in [4.69, 9.17) is 5.73 Å². The summed E-state index contributed by atoms with van der Waals surface area (Å²) < 4.78 is 35.9. The van der Waals surface area contributed by atoms with Crippen LogP contribution in [0.2, 0.25) is 0 Å². The first-order valence-corrected chi connectivity index (χ1v) is 3.84. The molecule has 0 aliphatic heterocycles. The quantitative estimate of drug-likeness (QED) is 0.696. The first-order chi connectivity index (χ1) is 5.02. The Labute approximate surface area is 75.9 Å². The predicted molar refractivity (Wildman–Crippen MR) is 43.2 cm³/mol. The first kappa shape index (κ1) is 12.0. The van der Waals surface area contributed by atoms with E-state index in [1.54, 1.807) is 0 Å². The van der Waals surface area contributed by atoms with E-state index >= 15 is 0 Å². The maximum absolute atomic E-state index is 12.0. The Morgan fingerprint density at radius 3 is 1.92 bits per heavy atom. The average molecular weight is 204 g/mol. The van der Waals surface area contributed by atoms with Crippen molar-refractivity contribution in [3.05, 3.63) is 0 Å². The lowest BCUT2D eigenvalue weighted by Crippen LogP contribution is -2.42. The maximum Gasteiger partial charge on any atom is 0.403 e. The number of rotatable bonds is 1. The minimum Gasteiger partial charge on any atom is -0.320 e. The molecule has 0 spiro atoms. The van der Waals surface area contributed by atoms with Crippen molar-refractivity contribution in [2.24, 2.45) is 11.7 Å². The molecule has 12 heavy (non-hydrogen) atoms. The van der Waals surface area contributed by atoms with Gasteiger partial charge in [0, 0.05) is 0 Å². The van der Waals surface area contributed by atoms with Crippen molar-refractivity contribution >= 4 is 12.4 Å². The van der Waals surface area contributed by atoms with Gasteiger partial charge in [0.15, 0.2) is 0 Å². The summed E-state index contributed by atoms with van der Waals surface area (Å²) >= 11 is 0. The Morgan fingerprint density at radius 1 is 1.17 bits per heavy atom. The van der Waals surface area contributed by atoms with Crippen molar-refractivity contribution < 1.29 is 13.2 Å². The van der Waals surface area contributed by atoms with Crippen LogP contribution in [-0.4, -0.2) is 12.2 Å². The predicted octanol–water partition coefficient (Wildman–Crippen LogP) is 2.49. The molecule has 0 heterocycles. The molecule has 74 valence electrons. The minimum atomic E-state index is -4.20. The van der Waals surface area contributed by atoms with Crippen LogP contribution in [0.1, 0.15) is 25.7 Å². The van der Waals surface area contributed by atoms with Gasteiger partial charge in [-0.3, -0.25) is 0 Å². The van der Waals surface area contributed by atoms with Crippen molar-refractivity contribution in [1.29, 1.82) is 0 Å². The highest BCUT2D eigenvalue weighted by Gasteiger charge is 2.42. The van der Waals surface area contributed by atoms with Crippen molar-refractivity contribution in [1.82, 2.24) is 0 Å². The zero-order valence-electron chi connectivity index (χ0n) is 6.60. The largest absolute Gasteiger partial charge is 0.403 e. The number of hydrogen-bond acceptors (Lipinski definition) is 1. The molecule has 5 heteroatoms. The fraction of sp³-hybridized carbons (Fsp3) is 1.00. The molecule has 1 fully saturated rings. The van der Waals surface area contributed by atoms with Crippen LogP contribution in [-0.2, 0) is 0 Å². The zero-order chi connectivity index (χ0) is 8.48. The molecule has 1 aliphatic carbocycles. The molecule has 1 aliphatic rings. The molecule has 1 nitrogen and oxygen atoms in total. The van der Waals surface area contributed by atoms with E-state index in [0.29, 0.717) is 12.8 Å². The van der Waals surface area contributed by atoms with Crippen LogP contribution in [0.5, 0.6) is 0 Å². The summed E-state index contributed by atoms with van der Waals surface area (Å²) in [6.07, 6.45) is -1.13. The maximum atomic E-state index is 12.0. The normalized spacial score (nSPS) is 22.0. The van der Waals surface area contributed by atoms with E-state index in [2.05, 4.69) is 0 Å². The van der Waals surface area contributed by atoms with Crippen LogP contribution in [0.4, 0.5) is 13.2 Å². The van der Waals surface area contributed by atoms with Gasteiger partial charge in [-0.25, -0.2) is 0 Å². The zero-order valence-corrected chi connectivity index (χ0v) is 7.42. The molecular weight excluding hydrogens is 191 g/mol. The Morgan fingerprint density at radius 2 is 1.58 bits per heavy atom. The topological polar surface area (TPSA) is 26.0 Å².